The van der Waals surface area contributed by atoms with E-state index in [-0.39, 0.29) is 58.5 Å². The number of carbonyl (C=O) groups excluding carboxylic acids is 2. The Kier molecular flexibility index (Phi) is 9.08. The first-order valence-corrected chi connectivity index (χ1v) is 16.3. The summed E-state index contributed by atoms with van der Waals surface area (Å²) in [5.41, 5.74) is 12.2. The van der Waals surface area contributed by atoms with Crippen molar-refractivity contribution in [1.82, 2.24) is 25.6 Å². The van der Waals surface area contributed by atoms with Crippen LogP contribution >= 0.6 is 23.7 Å². The number of piperidine rings is 1. The van der Waals surface area contributed by atoms with E-state index in [2.05, 4.69) is 25.6 Å². The molecule has 1 amide bonds. The van der Waals surface area contributed by atoms with Gasteiger partial charge in [-0.05, 0) is 25.7 Å². The fourth-order valence-electron chi connectivity index (χ4n) is 6.99. The normalized spacial score (nSPS) is 43.3. The first-order valence-electron chi connectivity index (χ1n) is 14.5. The highest BCUT2D eigenvalue weighted by Gasteiger charge is 2.50. The van der Waals surface area contributed by atoms with Crippen LogP contribution in [-0.2, 0) is 19.1 Å². The number of nitrogens with zero attached hydrogens (tertiary/aromatic N) is 1. The third-order valence-corrected chi connectivity index (χ3v) is 11.7. The Balaban J connectivity index is 1.06. The number of morpholine rings is 1. The maximum atomic E-state index is 12.9. The summed E-state index contributed by atoms with van der Waals surface area (Å²) in [5.74, 6) is -0.0112. The average molecular weight is 582 g/mol. The number of thioether (sulfide) groups is 1. The van der Waals surface area contributed by atoms with Gasteiger partial charge in [-0.1, -0.05) is 24.8 Å². The molecule has 8 N–H and O–H groups in total. The standard InChI is InChI=1S/C26H43N7O4S2/c27-16-3-1-2-4-17(16)30-14-9-19(23(26(28)35)29-12-14)31-21-10-18(32-39-21)15-13-37-24-20(34)11-22(38-25(15)24)33-5-7-36-8-6-33/h11,14-19,21,23-25,29-32H,1-10,12-13,27H2,(H2,28,35)/t14?,15?,16-,17+,18?,19?,21?,23?,24?,25?/m1/s1. The van der Waals surface area contributed by atoms with E-state index < -0.39 is 6.04 Å². The van der Waals surface area contributed by atoms with Crippen LogP contribution in [0, 0.1) is 5.92 Å². The minimum atomic E-state index is -0.408. The molecule has 11 nitrogen and oxygen atoms in total. The molecule has 4 saturated heterocycles. The minimum absolute atomic E-state index is 0.0688. The summed E-state index contributed by atoms with van der Waals surface area (Å²) in [6, 6.07) is 0.488. The van der Waals surface area contributed by atoms with Gasteiger partial charge in [-0.15, -0.1) is 11.8 Å². The highest BCUT2D eigenvalue weighted by atomic mass is 32.2. The van der Waals surface area contributed by atoms with Crippen molar-refractivity contribution in [3.05, 3.63) is 11.1 Å². The number of nitrogens with one attached hydrogen (secondary N) is 4. The smallest absolute Gasteiger partial charge is 0.236 e. The van der Waals surface area contributed by atoms with Crippen LogP contribution in [-0.4, -0.2) is 109 Å². The lowest BCUT2D eigenvalue weighted by Gasteiger charge is -2.40. The van der Waals surface area contributed by atoms with Crippen LogP contribution in [0.2, 0.25) is 0 Å². The summed E-state index contributed by atoms with van der Waals surface area (Å²) in [6.07, 6.45) is 7.69. The number of ether oxygens (including phenoxy) is 2. The van der Waals surface area contributed by atoms with Crippen molar-refractivity contribution in [1.29, 1.82) is 0 Å². The van der Waals surface area contributed by atoms with Gasteiger partial charge in [0.05, 0.1) is 35.5 Å². The number of hydrogen-bond donors (Lipinski definition) is 6. The number of amides is 1. The molecule has 0 aromatic rings. The fourth-order valence-corrected chi connectivity index (χ4v) is 9.72. The lowest BCUT2D eigenvalue weighted by molar-refractivity contribution is -0.123. The Morgan fingerprint density at radius 2 is 1.95 bits per heavy atom. The van der Waals surface area contributed by atoms with Gasteiger partial charge in [0.15, 0.2) is 5.78 Å². The third kappa shape index (κ3) is 6.31. The second kappa shape index (κ2) is 12.5. The van der Waals surface area contributed by atoms with Gasteiger partial charge in [-0.2, -0.15) is 0 Å². The Morgan fingerprint density at radius 3 is 2.74 bits per heavy atom. The molecule has 0 spiro atoms. The molecule has 5 heterocycles. The monoisotopic (exact) mass is 581 g/mol. The Morgan fingerprint density at radius 1 is 1.13 bits per heavy atom. The predicted molar refractivity (Wildman–Crippen MR) is 153 cm³/mol. The second-order valence-corrected chi connectivity index (χ2v) is 14.0. The maximum Gasteiger partial charge on any atom is 0.236 e. The molecule has 10 atom stereocenters. The van der Waals surface area contributed by atoms with E-state index in [1.807, 2.05) is 0 Å². The largest absolute Gasteiger partial charge is 0.378 e. The topological polar surface area (TPSA) is 156 Å². The van der Waals surface area contributed by atoms with Gasteiger partial charge >= 0.3 is 0 Å². The molecule has 8 unspecified atom stereocenters. The SMILES string of the molecule is NC(=O)C1NCC(N[C@H]2CCCC[C@H]2N)CC1NC1CC(C2COC3C(=O)C=C(N4CCOCC4)SC32)NS1. The van der Waals surface area contributed by atoms with Crippen molar-refractivity contribution in [3.8, 4) is 0 Å². The molecule has 0 radical (unpaired) electrons. The van der Waals surface area contributed by atoms with Gasteiger partial charge in [0, 0.05) is 61.8 Å². The van der Waals surface area contributed by atoms with Crippen molar-refractivity contribution >= 4 is 35.4 Å². The van der Waals surface area contributed by atoms with E-state index in [4.69, 9.17) is 20.9 Å². The van der Waals surface area contributed by atoms with Crippen molar-refractivity contribution < 1.29 is 19.1 Å². The molecule has 6 aliphatic rings. The van der Waals surface area contributed by atoms with Crippen LogP contribution < -0.4 is 32.1 Å². The molecule has 1 saturated carbocycles. The molecule has 5 aliphatic heterocycles. The molecule has 0 aromatic carbocycles. The van der Waals surface area contributed by atoms with Crippen LogP contribution in [0.4, 0.5) is 0 Å². The van der Waals surface area contributed by atoms with Gasteiger partial charge in [0.25, 0.3) is 0 Å². The molecule has 0 aromatic heterocycles. The number of primary amides is 1. The number of carbonyl (C=O) groups is 2. The molecular weight excluding hydrogens is 538 g/mol. The molecule has 5 fully saturated rings. The Hall–Kier alpha value is -0.900. The summed E-state index contributed by atoms with van der Waals surface area (Å²) in [4.78, 5) is 27.5. The summed E-state index contributed by atoms with van der Waals surface area (Å²) < 4.78 is 15.2. The van der Waals surface area contributed by atoms with Crippen LogP contribution in [0.25, 0.3) is 0 Å². The van der Waals surface area contributed by atoms with Crippen molar-refractivity contribution in [2.24, 2.45) is 17.4 Å². The molecule has 6 rings (SSSR count). The zero-order chi connectivity index (χ0) is 26.9. The van der Waals surface area contributed by atoms with E-state index in [0.29, 0.717) is 32.4 Å². The number of ketones is 1. The van der Waals surface area contributed by atoms with E-state index in [1.54, 1.807) is 29.8 Å². The van der Waals surface area contributed by atoms with Gasteiger partial charge < -0.3 is 36.5 Å². The number of fused-ring (bicyclic) bond motifs is 1. The average Bonchev–Trinajstić information content (AvgIpc) is 3.58. The van der Waals surface area contributed by atoms with Crippen LogP contribution in [0.3, 0.4) is 0 Å². The van der Waals surface area contributed by atoms with Crippen molar-refractivity contribution in [2.45, 2.75) is 91.5 Å². The van der Waals surface area contributed by atoms with E-state index >= 15 is 0 Å². The number of rotatable bonds is 7. The van der Waals surface area contributed by atoms with Gasteiger partial charge in [-0.25, -0.2) is 0 Å². The lowest BCUT2D eigenvalue weighted by atomic mass is 9.88. The predicted octanol–water partition coefficient (Wildman–Crippen LogP) is -0.771. The highest BCUT2D eigenvalue weighted by Crippen LogP contribution is 2.44. The molecule has 1 aliphatic carbocycles. The molecule has 218 valence electrons. The van der Waals surface area contributed by atoms with Crippen molar-refractivity contribution in [3.63, 3.8) is 0 Å². The lowest BCUT2D eigenvalue weighted by Crippen LogP contribution is -2.66. The molecular formula is C26H43N7O4S2. The Bertz CT molecular complexity index is 938. The summed E-state index contributed by atoms with van der Waals surface area (Å²) in [6.45, 7) is 4.31. The summed E-state index contributed by atoms with van der Waals surface area (Å²) in [5, 5.41) is 12.2. The molecule has 0 bridgehead atoms. The fraction of sp³-hybridized carbons (Fsp3) is 0.846. The molecule has 39 heavy (non-hydrogen) atoms. The first-order chi connectivity index (χ1) is 19.0. The summed E-state index contributed by atoms with van der Waals surface area (Å²) in [7, 11) is 0. The highest BCUT2D eigenvalue weighted by molar-refractivity contribution is 8.03. The number of hydrogen-bond acceptors (Lipinski definition) is 12. The second-order valence-electron chi connectivity index (χ2n) is 11.8. The van der Waals surface area contributed by atoms with Gasteiger partial charge in [0.1, 0.15) is 12.1 Å². The minimum Gasteiger partial charge on any atom is -0.378 e. The van der Waals surface area contributed by atoms with Crippen LogP contribution in [0.1, 0.15) is 38.5 Å². The van der Waals surface area contributed by atoms with Crippen LogP contribution in [0.15, 0.2) is 11.1 Å². The van der Waals surface area contributed by atoms with E-state index in [1.165, 1.54) is 12.8 Å². The maximum absolute atomic E-state index is 12.9. The van der Waals surface area contributed by atoms with Crippen molar-refractivity contribution in [2.75, 3.05) is 39.5 Å². The summed E-state index contributed by atoms with van der Waals surface area (Å²) >= 11 is 3.47. The third-order valence-electron chi connectivity index (χ3n) is 9.16. The Labute approximate surface area is 239 Å². The quantitative estimate of drug-likeness (QED) is 0.209. The first kappa shape index (κ1) is 28.2. The van der Waals surface area contributed by atoms with E-state index in [9.17, 15) is 9.59 Å². The molecule has 13 heteroatoms. The van der Waals surface area contributed by atoms with Crippen LogP contribution in [0.5, 0.6) is 0 Å². The number of nitrogens with two attached hydrogens (primary N) is 2. The van der Waals surface area contributed by atoms with Gasteiger partial charge in [0.2, 0.25) is 5.91 Å². The van der Waals surface area contributed by atoms with Gasteiger partial charge in [-0.3, -0.25) is 19.6 Å². The zero-order valence-corrected chi connectivity index (χ0v) is 24.0. The van der Waals surface area contributed by atoms with E-state index in [0.717, 1.165) is 43.8 Å². The zero-order valence-electron chi connectivity index (χ0n) is 22.4.